The zero-order valence-corrected chi connectivity index (χ0v) is 16.3. The first-order chi connectivity index (χ1) is 15.5. The highest BCUT2D eigenvalue weighted by molar-refractivity contribution is 5.94. The predicted octanol–water partition coefficient (Wildman–Crippen LogP) is 4.82. The molecule has 0 aliphatic heterocycles. The normalized spacial score (nSPS) is 11.0. The summed E-state index contributed by atoms with van der Waals surface area (Å²) in [7, 11) is 0. The molecule has 0 aliphatic carbocycles. The molecule has 0 amide bonds. The number of aromatic nitrogens is 4. The van der Waals surface area contributed by atoms with E-state index in [0.717, 1.165) is 10.1 Å². The number of nitrogens with zero attached hydrogens (tertiary/aromatic N) is 5. The molecule has 0 saturated carbocycles. The molecule has 0 aliphatic rings. The summed E-state index contributed by atoms with van der Waals surface area (Å²) >= 11 is 0. The van der Waals surface area contributed by atoms with Gasteiger partial charge in [0.2, 0.25) is 0 Å². The van der Waals surface area contributed by atoms with Gasteiger partial charge in [0.05, 0.1) is 22.2 Å². The van der Waals surface area contributed by atoms with Crippen LogP contribution in [0.1, 0.15) is 0 Å². The molecule has 3 aromatic carbocycles. The van der Waals surface area contributed by atoms with E-state index in [1.54, 1.807) is 30.3 Å². The number of rotatable bonds is 4. The molecule has 10 heteroatoms. The summed E-state index contributed by atoms with van der Waals surface area (Å²) in [5, 5.41) is 28.9. The number of non-ortho nitro benzene ring substituents is 1. The van der Waals surface area contributed by atoms with E-state index in [2.05, 4.69) is 20.4 Å². The second-order valence-electron chi connectivity index (χ2n) is 6.96. The van der Waals surface area contributed by atoms with Crippen LogP contribution >= 0.6 is 0 Å². The monoisotopic (exact) mass is 426 g/mol. The molecule has 156 valence electrons. The molecule has 32 heavy (non-hydrogen) atoms. The summed E-state index contributed by atoms with van der Waals surface area (Å²) in [5.41, 5.74) is 2.29. The van der Waals surface area contributed by atoms with E-state index in [-0.39, 0.29) is 5.69 Å². The maximum absolute atomic E-state index is 11.3. The SMILES string of the molecule is O=C(O)n1ncc2cc(Nc3nc(-c4cccc([N+](=O)[O-])c4)nc4ccccc34)ccc21. The van der Waals surface area contributed by atoms with Crippen molar-refractivity contribution in [2.24, 2.45) is 0 Å². The number of anilines is 2. The fourth-order valence-corrected chi connectivity index (χ4v) is 3.46. The quantitative estimate of drug-likeness (QED) is 0.308. The van der Waals surface area contributed by atoms with Gasteiger partial charge in [-0.05, 0) is 30.3 Å². The van der Waals surface area contributed by atoms with E-state index in [0.29, 0.717) is 39.3 Å². The topological polar surface area (TPSA) is 136 Å². The third kappa shape index (κ3) is 3.35. The molecule has 10 nitrogen and oxygen atoms in total. The maximum atomic E-state index is 11.3. The fraction of sp³-hybridized carbons (Fsp3) is 0. The smallest absolute Gasteiger partial charge is 0.432 e. The Bertz CT molecular complexity index is 1530. The lowest BCUT2D eigenvalue weighted by Gasteiger charge is -2.11. The molecule has 2 heterocycles. The average molecular weight is 426 g/mol. The van der Waals surface area contributed by atoms with Gasteiger partial charge < -0.3 is 10.4 Å². The molecule has 0 unspecified atom stereocenters. The van der Waals surface area contributed by atoms with Crippen molar-refractivity contribution < 1.29 is 14.8 Å². The Morgan fingerprint density at radius 3 is 2.69 bits per heavy atom. The lowest BCUT2D eigenvalue weighted by Crippen LogP contribution is -2.08. The first kappa shape index (κ1) is 19.1. The first-order valence-corrected chi connectivity index (χ1v) is 9.49. The number of carbonyl (C=O) groups is 1. The molecule has 5 aromatic rings. The summed E-state index contributed by atoms with van der Waals surface area (Å²) in [6.45, 7) is 0. The van der Waals surface area contributed by atoms with Crippen molar-refractivity contribution in [3.05, 3.63) is 83.0 Å². The van der Waals surface area contributed by atoms with Crippen molar-refractivity contribution in [1.29, 1.82) is 0 Å². The standard InChI is InChI=1S/C22H14N6O4/c29-22(30)27-19-9-8-15(10-14(19)12-23-27)24-21-17-6-1-2-7-18(17)25-20(26-21)13-4-3-5-16(11-13)28(31)32/h1-12H,(H,29,30)(H,24,25,26). The van der Waals surface area contributed by atoms with Gasteiger partial charge >= 0.3 is 6.09 Å². The van der Waals surface area contributed by atoms with Gasteiger partial charge in [0.25, 0.3) is 5.69 Å². The molecule has 0 radical (unpaired) electrons. The largest absolute Gasteiger partial charge is 0.463 e. The number of carboxylic acid groups (broad SMARTS) is 1. The second-order valence-corrected chi connectivity index (χ2v) is 6.96. The van der Waals surface area contributed by atoms with Gasteiger partial charge in [-0.15, -0.1) is 0 Å². The first-order valence-electron chi connectivity index (χ1n) is 9.49. The van der Waals surface area contributed by atoms with Crippen molar-refractivity contribution in [1.82, 2.24) is 19.7 Å². The number of benzene rings is 3. The average Bonchev–Trinajstić information content (AvgIpc) is 3.23. The summed E-state index contributed by atoms with van der Waals surface area (Å²) in [6, 6.07) is 18.7. The number of nitrogens with one attached hydrogen (secondary N) is 1. The number of para-hydroxylation sites is 1. The van der Waals surface area contributed by atoms with Gasteiger partial charge in [-0.3, -0.25) is 10.1 Å². The molecule has 0 atom stereocenters. The minimum atomic E-state index is -1.16. The van der Waals surface area contributed by atoms with Crippen LogP contribution < -0.4 is 5.32 Å². The van der Waals surface area contributed by atoms with Crippen LogP contribution in [0, 0.1) is 10.1 Å². The van der Waals surface area contributed by atoms with Gasteiger partial charge in [0, 0.05) is 34.2 Å². The number of fused-ring (bicyclic) bond motifs is 2. The van der Waals surface area contributed by atoms with E-state index >= 15 is 0 Å². The van der Waals surface area contributed by atoms with Crippen LogP contribution in [-0.2, 0) is 0 Å². The van der Waals surface area contributed by atoms with Gasteiger partial charge in [-0.25, -0.2) is 14.8 Å². The fourth-order valence-electron chi connectivity index (χ4n) is 3.46. The number of nitro benzene ring substituents is 1. The summed E-state index contributed by atoms with van der Waals surface area (Å²) in [5.74, 6) is 0.858. The van der Waals surface area contributed by atoms with Crippen molar-refractivity contribution in [2.45, 2.75) is 0 Å². The highest BCUT2D eigenvalue weighted by Gasteiger charge is 2.14. The van der Waals surface area contributed by atoms with Crippen molar-refractivity contribution in [3.63, 3.8) is 0 Å². The summed E-state index contributed by atoms with van der Waals surface area (Å²) in [4.78, 5) is 31.2. The van der Waals surface area contributed by atoms with E-state index in [1.807, 2.05) is 24.3 Å². The Hall–Kier alpha value is -4.86. The molecule has 0 fully saturated rings. The molecule has 5 rings (SSSR count). The zero-order valence-electron chi connectivity index (χ0n) is 16.3. The van der Waals surface area contributed by atoms with Crippen LogP contribution in [0.4, 0.5) is 22.0 Å². The van der Waals surface area contributed by atoms with E-state index < -0.39 is 11.0 Å². The molecule has 0 spiro atoms. The Balaban J connectivity index is 1.60. The van der Waals surface area contributed by atoms with Crippen LogP contribution in [0.15, 0.2) is 72.9 Å². The summed E-state index contributed by atoms with van der Waals surface area (Å²) < 4.78 is 0.902. The molecular weight excluding hydrogens is 412 g/mol. The van der Waals surface area contributed by atoms with Crippen LogP contribution in [0.25, 0.3) is 33.2 Å². The number of nitro groups is 1. The predicted molar refractivity (Wildman–Crippen MR) is 118 cm³/mol. The minimum absolute atomic E-state index is 0.0466. The molecule has 0 bridgehead atoms. The number of hydrogen-bond acceptors (Lipinski definition) is 7. The van der Waals surface area contributed by atoms with Crippen LogP contribution in [0.5, 0.6) is 0 Å². The lowest BCUT2D eigenvalue weighted by molar-refractivity contribution is -0.384. The highest BCUT2D eigenvalue weighted by atomic mass is 16.6. The van der Waals surface area contributed by atoms with Crippen molar-refractivity contribution in [2.75, 3.05) is 5.32 Å². The molecule has 0 saturated heterocycles. The number of hydrogen-bond donors (Lipinski definition) is 2. The summed E-state index contributed by atoms with van der Waals surface area (Å²) in [6.07, 6.45) is 0.311. The van der Waals surface area contributed by atoms with Crippen LogP contribution in [-0.4, -0.2) is 35.9 Å². The zero-order chi connectivity index (χ0) is 22.2. The van der Waals surface area contributed by atoms with Gasteiger partial charge in [0.15, 0.2) is 5.82 Å². The van der Waals surface area contributed by atoms with Crippen molar-refractivity contribution >= 4 is 45.1 Å². The Morgan fingerprint density at radius 2 is 1.88 bits per heavy atom. The van der Waals surface area contributed by atoms with Gasteiger partial charge in [0.1, 0.15) is 5.82 Å². The Kier molecular flexibility index (Phi) is 4.44. The van der Waals surface area contributed by atoms with E-state index in [4.69, 9.17) is 0 Å². The molecular formula is C22H14N6O4. The third-order valence-electron chi connectivity index (χ3n) is 4.93. The van der Waals surface area contributed by atoms with Gasteiger partial charge in [-0.2, -0.15) is 9.78 Å². The molecule has 2 aromatic heterocycles. The van der Waals surface area contributed by atoms with Crippen molar-refractivity contribution in [3.8, 4) is 11.4 Å². The van der Waals surface area contributed by atoms with Crippen LogP contribution in [0.3, 0.4) is 0 Å². The molecule has 2 N–H and O–H groups in total. The minimum Gasteiger partial charge on any atom is -0.463 e. The third-order valence-corrected chi connectivity index (χ3v) is 4.93. The maximum Gasteiger partial charge on any atom is 0.432 e. The Morgan fingerprint density at radius 1 is 1.03 bits per heavy atom. The van der Waals surface area contributed by atoms with Crippen LogP contribution in [0.2, 0.25) is 0 Å². The van der Waals surface area contributed by atoms with E-state index in [9.17, 15) is 20.0 Å². The lowest BCUT2D eigenvalue weighted by atomic mass is 10.1. The Labute approximate surface area is 179 Å². The van der Waals surface area contributed by atoms with E-state index in [1.165, 1.54) is 18.3 Å². The van der Waals surface area contributed by atoms with Gasteiger partial charge in [-0.1, -0.05) is 24.3 Å². The second kappa shape index (κ2) is 7.43. The highest BCUT2D eigenvalue weighted by Crippen LogP contribution is 2.29.